The summed E-state index contributed by atoms with van der Waals surface area (Å²) >= 11 is 0. The number of nitrogens with zero attached hydrogens (tertiary/aromatic N) is 3. The van der Waals surface area contributed by atoms with E-state index in [-0.39, 0.29) is 5.69 Å². The van der Waals surface area contributed by atoms with Gasteiger partial charge in [-0.3, -0.25) is 9.80 Å². The van der Waals surface area contributed by atoms with Gasteiger partial charge in [-0.05, 0) is 24.6 Å². The van der Waals surface area contributed by atoms with Gasteiger partial charge in [-0.15, -0.1) is 0 Å². The predicted octanol–water partition coefficient (Wildman–Crippen LogP) is 2.11. The van der Waals surface area contributed by atoms with Gasteiger partial charge in [0.1, 0.15) is 12.0 Å². The number of aromatic carboxylic acids is 1. The summed E-state index contributed by atoms with van der Waals surface area (Å²) in [6.45, 7) is 8.88. The second-order valence-corrected chi connectivity index (χ2v) is 6.67. The lowest BCUT2D eigenvalue weighted by atomic mass is 10.2. The monoisotopic (exact) mass is 389 g/mol. The number of ether oxygens (including phenoxy) is 2. The summed E-state index contributed by atoms with van der Waals surface area (Å²) in [5, 5.41) is 9.04. The van der Waals surface area contributed by atoms with Gasteiger partial charge in [0.05, 0.1) is 26.4 Å². The van der Waals surface area contributed by atoms with Crippen LogP contribution in [0.2, 0.25) is 0 Å². The van der Waals surface area contributed by atoms with Crippen LogP contribution < -0.4 is 4.74 Å². The Labute approximate surface area is 164 Å². The molecule has 152 valence electrons. The molecule has 0 spiro atoms. The van der Waals surface area contributed by atoms with Gasteiger partial charge >= 0.3 is 5.97 Å². The molecule has 1 aliphatic rings. The Morgan fingerprint density at radius 1 is 1.25 bits per heavy atom. The minimum atomic E-state index is -1.08. The van der Waals surface area contributed by atoms with Crippen LogP contribution in [0.5, 0.6) is 5.75 Å². The molecule has 0 saturated carbocycles. The van der Waals surface area contributed by atoms with Crippen molar-refractivity contribution in [1.29, 1.82) is 0 Å². The fourth-order valence-corrected chi connectivity index (χ4v) is 3.11. The van der Waals surface area contributed by atoms with E-state index in [1.54, 1.807) is 0 Å². The lowest BCUT2D eigenvalue weighted by Crippen LogP contribution is -2.41. The Kier molecular flexibility index (Phi) is 7.41. The van der Waals surface area contributed by atoms with Gasteiger partial charge in [0.2, 0.25) is 5.89 Å². The van der Waals surface area contributed by atoms with Crippen molar-refractivity contribution in [3.8, 4) is 5.75 Å². The van der Waals surface area contributed by atoms with E-state index in [4.69, 9.17) is 19.0 Å². The normalized spacial score (nSPS) is 15.1. The summed E-state index contributed by atoms with van der Waals surface area (Å²) in [5.74, 6) is 0.177. The van der Waals surface area contributed by atoms with Crippen LogP contribution in [0, 0.1) is 0 Å². The lowest BCUT2D eigenvalue weighted by Gasteiger charge is -2.29. The zero-order chi connectivity index (χ0) is 19.8. The average molecular weight is 389 g/mol. The molecular weight excluding hydrogens is 362 g/mol. The molecule has 1 aromatic heterocycles. The van der Waals surface area contributed by atoms with E-state index in [9.17, 15) is 4.79 Å². The molecule has 8 nitrogen and oxygen atoms in total. The number of hydrogen-bond acceptors (Lipinski definition) is 7. The molecule has 1 fully saturated rings. The molecule has 1 aliphatic heterocycles. The summed E-state index contributed by atoms with van der Waals surface area (Å²) in [7, 11) is 0. The molecule has 2 heterocycles. The van der Waals surface area contributed by atoms with Gasteiger partial charge in [0.15, 0.2) is 5.69 Å². The number of aromatic nitrogens is 1. The zero-order valence-electron chi connectivity index (χ0n) is 16.2. The first kappa shape index (κ1) is 20.3. The molecule has 28 heavy (non-hydrogen) atoms. The van der Waals surface area contributed by atoms with Crippen LogP contribution >= 0.6 is 0 Å². The first-order valence-corrected chi connectivity index (χ1v) is 9.56. The van der Waals surface area contributed by atoms with Crippen molar-refractivity contribution in [1.82, 2.24) is 14.8 Å². The van der Waals surface area contributed by atoms with Crippen LogP contribution in [0.15, 0.2) is 34.9 Å². The topological polar surface area (TPSA) is 88.3 Å². The van der Waals surface area contributed by atoms with Crippen molar-refractivity contribution < 1.29 is 23.8 Å². The zero-order valence-corrected chi connectivity index (χ0v) is 16.2. The summed E-state index contributed by atoms with van der Waals surface area (Å²) in [5.41, 5.74) is 1.08. The van der Waals surface area contributed by atoms with Crippen molar-refractivity contribution in [3.05, 3.63) is 47.7 Å². The molecule has 0 aliphatic carbocycles. The van der Waals surface area contributed by atoms with Crippen LogP contribution in [-0.4, -0.2) is 71.9 Å². The van der Waals surface area contributed by atoms with Crippen LogP contribution in [-0.2, 0) is 17.8 Å². The molecule has 3 rings (SSSR count). The molecule has 0 atom stereocenters. The van der Waals surface area contributed by atoms with Crippen molar-refractivity contribution in [2.45, 2.75) is 20.0 Å². The van der Waals surface area contributed by atoms with E-state index in [0.717, 1.165) is 50.7 Å². The maximum absolute atomic E-state index is 11.0. The van der Waals surface area contributed by atoms with E-state index in [1.807, 2.05) is 31.2 Å². The molecule has 0 radical (unpaired) electrons. The Morgan fingerprint density at radius 3 is 2.64 bits per heavy atom. The Morgan fingerprint density at radius 2 is 2.00 bits per heavy atom. The first-order chi connectivity index (χ1) is 13.6. The smallest absolute Gasteiger partial charge is 0.357 e. The number of hydrogen-bond donors (Lipinski definition) is 1. The van der Waals surface area contributed by atoms with E-state index in [0.29, 0.717) is 25.6 Å². The molecule has 1 saturated heterocycles. The number of carboxylic acid groups (broad SMARTS) is 1. The van der Waals surface area contributed by atoms with E-state index in [2.05, 4.69) is 14.8 Å². The molecule has 1 aromatic carbocycles. The average Bonchev–Trinajstić information content (AvgIpc) is 3.17. The molecule has 0 amide bonds. The van der Waals surface area contributed by atoms with Gasteiger partial charge in [0.25, 0.3) is 0 Å². The third-order valence-electron chi connectivity index (χ3n) is 4.61. The van der Waals surface area contributed by atoms with E-state index >= 15 is 0 Å². The molecule has 1 N–H and O–H groups in total. The second kappa shape index (κ2) is 10.2. The minimum Gasteiger partial charge on any atom is -0.494 e. The fraction of sp³-hybridized carbons (Fsp3) is 0.500. The summed E-state index contributed by atoms with van der Waals surface area (Å²) in [6, 6.07) is 8.02. The highest BCUT2D eigenvalue weighted by Gasteiger charge is 2.17. The van der Waals surface area contributed by atoms with Crippen molar-refractivity contribution in [2.75, 3.05) is 46.0 Å². The van der Waals surface area contributed by atoms with Crippen LogP contribution in [0.1, 0.15) is 28.9 Å². The van der Waals surface area contributed by atoms with Gasteiger partial charge in [0, 0.05) is 32.7 Å². The van der Waals surface area contributed by atoms with E-state index < -0.39 is 5.97 Å². The SMILES string of the molecule is CCOc1ccc(CN(CCN2CCOCC2)Cc2nc(C(=O)O)co2)cc1. The Bertz CT molecular complexity index is 741. The Balaban J connectivity index is 1.64. The quantitative estimate of drug-likeness (QED) is 0.661. The maximum Gasteiger partial charge on any atom is 0.357 e. The number of carbonyl (C=O) groups is 1. The van der Waals surface area contributed by atoms with Crippen molar-refractivity contribution >= 4 is 5.97 Å². The highest BCUT2D eigenvalue weighted by molar-refractivity contribution is 5.84. The number of benzene rings is 1. The number of oxazole rings is 1. The molecule has 8 heteroatoms. The summed E-state index contributed by atoms with van der Waals surface area (Å²) < 4.78 is 16.3. The van der Waals surface area contributed by atoms with Crippen molar-refractivity contribution in [2.24, 2.45) is 0 Å². The summed E-state index contributed by atoms with van der Waals surface area (Å²) in [4.78, 5) is 19.7. The van der Waals surface area contributed by atoms with Gasteiger partial charge < -0.3 is 19.0 Å². The molecular formula is C20H27N3O5. The predicted molar refractivity (Wildman–Crippen MR) is 102 cm³/mol. The number of morpholine rings is 1. The third-order valence-corrected chi connectivity index (χ3v) is 4.61. The Hall–Kier alpha value is -2.42. The number of carboxylic acids is 1. The van der Waals surface area contributed by atoms with Crippen LogP contribution in [0.4, 0.5) is 0 Å². The van der Waals surface area contributed by atoms with Gasteiger partial charge in [-0.1, -0.05) is 12.1 Å². The van der Waals surface area contributed by atoms with Crippen molar-refractivity contribution in [3.63, 3.8) is 0 Å². The standard InChI is InChI=1S/C20H27N3O5/c1-2-27-17-5-3-16(4-6-17)13-23(8-7-22-9-11-26-12-10-22)14-19-21-18(15-28-19)20(24)25/h3-6,15H,2,7-14H2,1H3,(H,24,25). The molecule has 0 bridgehead atoms. The maximum atomic E-state index is 11.0. The fourth-order valence-electron chi connectivity index (χ4n) is 3.11. The second-order valence-electron chi connectivity index (χ2n) is 6.67. The third kappa shape index (κ3) is 6.05. The van der Waals surface area contributed by atoms with Gasteiger partial charge in [-0.2, -0.15) is 0 Å². The lowest BCUT2D eigenvalue weighted by molar-refractivity contribution is 0.0320. The molecule has 2 aromatic rings. The first-order valence-electron chi connectivity index (χ1n) is 9.56. The highest BCUT2D eigenvalue weighted by Crippen LogP contribution is 2.15. The molecule has 0 unspecified atom stereocenters. The van der Waals surface area contributed by atoms with Crippen LogP contribution in [0.3, 0.4) is 0 Å². The van der Waals surface area contributed by atoms with Gasteiger partial charge in [-0.25, -0.2) is 9.78 Å². The highest BCUT2D eigenvalue weighted by atomic mass is 16.5. The largest absolute Gasteiger partial charge is 0.494 e. The number of rotatable bonds is 10. The van der Waals surface area contributed by atoms with Crippen LogP contribution in [0.25, 0.3) is 0 Å². The van der Waals surface area contributed by atoms with E-state index in [1.165, 1.54) is 6.26 Å². The minimum absolute atomic E-state index is 0.0656. The summed E-state index contributed by atoms with van der Waals surface area (Å²) in [6.07, 6.45) is 1.19.